The number of aromatic nitrogens is 2. The van der Waals surface area contributed by atoms with Gasteiger partial charge >= 0.3 is 0 Å². The number of benzene rings is 1. The molecule has 1 amide bonds. The summed E-state index contributed by atoms with van der Waals surface area (Å²) in [6.45, 7) is 3.05. The maximum absolute atomic E-state index is 13.4. The van der Waals surface area contributed by atoms with Crippen LogP contribution in [0.15, 0.2) is 16.7 Å². The maximum Gasteiger partial charge on any atom is 0.257 e. The summed E-state index contributed by atoms with van der Waals surface area (Å²) in [5.41, 5.74) is -0.989. The van der Waals surface area contributed by atoms with Gasteiger partial charge in [0.2, 0.25) is 5.89 Å². The predicted molar refractivity (Wildman–Crippen MR) is 61.2 cm³/mol. The number of hydrogen-bond donors (Lipinski definition) is 1. The lowest BCUT2D eigenvalue weighted by Crippen LogP contribution is -2.29. The molecule has 0 aliphatic rings. The lowest BCUT2D eigenvalue weighted by atomic mass is 10.1. The first kappa shape index (κ1) is 14.0. The third kappa shape index (κ3) is 2.63. The van der Waals surface area contributed by atoms with Crippen molar-refractivity contribution >= 4 is 5.91 Å². The molecule has 0 unspecified atom stereocenters. The highest BCUT2D eigenvalue weighted by atomic mass is 19.2. The Hall–Kier alpha value is -2.38. The number of nitrogens with one attached hydrogen (secondary N) is 1. The van der Waals surface area contributed by atoms with Gasteiger partial charge in [-0.25, -0.2) is 13.2 Å². The SMILES string of the molecule is Cc1nc([C@@H](C)NC(=O)c2c(F)ccc(F)c2F)no1. The first-order valence-electron chi connectivity index (χ1n) is 5.64. The Morgan fingerprint density at radius 3 is 2.55 bits per heavy atom. The van der Waals surface area contributed by atoms with Crippen molar-refractivity contribution in [1.29, 1.82) is 0 Å². The fourth-order valence-corrected chi connectivity index (χ4v) is 1.56. The van der Waals surface area contributed by atoms with Crippen LogP contribution in [0.3, 0.4) is 0 Å². The summed E-state index contributed by atoms with van der Waals surface area (Å²) in [6, 6.07) is 0.534. The number of halogens is 3. The van der Waals surface area contributed by atoms with Crippen LogP contribution in [0.25, 0.3) is 0 Å². The Morgan fingerprint density at radius 2 is 1.95 bits per heavy atom. The molecule has 0 saturated heterocycles. The van der Waals surface area contributed by atoms with E-state index in [9.17, 15) is 18.0 Å². The Labute approximate surface area is 111 Å². The molecule has 1 heterocycles. The zero-order valence-electron chi connectivity index (χ0n) is 10.6. The van der Waals surface area contributed by atoms with Gasteiger partial charge in [0.1, 0.15) is 11.4 Å². The molecular weight excluding hydrogens is 275 g/mol. The van der Waals surface area contributed by atoms with Crippen molar-refractivity contribution in [3.8, 4) is 0 Å². The highest BCUT2D eigenvalue weighted by molar-refractivity contribution is 5.95. The van der Waals surface area contributed by atoms with Crippen LogP contribution in [0, 0.1) is 24.4 Å². The first-order chi connectivity index (χ1) is 9.40. The minimum absolute atomic E-state index is 0.146. The second-order valence-electron chi connectivity index (χ2n) is 4.08. The second kappa shape index (κ2) is 5.32. The number of rotatable bonds is 3. The molecule has 1 atom stereocenters. The van der Waals surface area contributed by atoms with E-state index >= 15 is 0 Å². The maximum atomic E-state index is 13.4. The van der Waals surface area contributed by atoms with Gasteiger partial charge in [-0.05, 0) is 19.1 Å². The van der Waals surface area contributed by atoms with Crippen molar-refractivity contribution in [1.82, 2.24) is 15.5 Å². The van der Waals surface area contributed by atoms with E-state index in [1.165, 1.54) is 6.92 Å². The van der Waals surface area contributed by atoms with E-state index in [-0.39, 0.29) is 11.7 Å². The molecule has 106 valence electrons. The first-order valence-corrected chi connectivity index (χ1v) is 5.64. The number of aryl methyl sites for hydroxylation is 1. The lowest BCUT2D eigenvalue weighted by molar-refractivity contribution is 0.0928. The van der Waals surface area contributed by atoms with Crippen LogP contribution in [-0.4, -0.2) is 16.0 Å². The molecule has 2 rings (SSSR count). The average Bonchev–Trinajstić information content (AvgIpc) is 2.81. The zero-order valence-corrected chi connectivity index (χ0v) is 10.6. The fourth-order valence-electron chi connectivity index (χ4n) is 1.56. The third-order valence-electron chi connectivity index (χ3n) is 2.55. The molecule has 0 radical (unpaired) electrons. The number of carbonyl (C=O) groups excluding carboxylic acids is 1. The van der Waals surface area contributed by atoms with E-state index in [0.29, 0.717) is 12.1 Å². The molecule has 1 aromatic heterocycles. The van der Waals surface area contributed by atoms with Crippen LogP contribution >= 0.6 is 0 Å². The molecule has 0 aliphatic heterocycles. The molecule has 20 heavy (non-hydrogen) atoms. The monoisotopic (exact) mass is 285 g/mol. The Balaban J connectivity index is 2.23. The third-order valence-corrected chi connectivity index (χ3v) is 2.55. The highest BCUT2D eigenvalue weighted by Gasteiger charge is 2.23. The summed E-state index contributed by atoms with van der Waals surface area (Å²) in [5.74, 6) is -4.68. The Morgan fingerprint density at radius 1 is 1.30 bits per heavy atom. The fraction of sp³-hybridized carbons (Fsp3) is 0.250. The predicted octanol–water partition coefficient (Wildman–Crippen LogP) is 2.29. The van der Waals surface area contributed by atoms with E-state index in [0.717, 1.165) is 0 Å². The van der Waals surface area contributed by atoms with Crippen molar-refractivity contribution in [2.75, 3.05) is 0 Å². The summed E-state index contributed by atoms with van der Waals surface area (Å²) in [6.07, 6.45) is 0. The molecule has 0 aliphatic carbocycles. The number of nitrogens with zero attached hydrogens (tertiary/aromatic N) is 2. The summed E-state index contributed by atoms with van der Waals surface area (Å²) in [5, 5.41) is 5.83. The van der Waals surface area contributed by atoms with Crippen molar-refractivity contribution in [3.63, 3.8) is 0 Å². The van der Waals surface area contributed by atoms with Gasteiger partial charge < -0.3 is 9.84 Å². The van der Waals surface area contributed by atoms with Crippen LogP contribution in [0.1, 0.15) is 35.0 Å². The Kier molecular flexibility index (Phi) is 3.73. The lowest BCUT2D eigenvalue weighted by Gasteiger charge is -2.11. The number of amides is 1. The molecule has 2 aromatic rings. The number of hydrogen-bond acceptors (Lipinski definition) is 4. The van der Waals surface area contributed by atoms with Crippen molar-refractivity contribution in [2.24, 2.45) is 0 Å². The van der Waals surface area contributed by atoms with Crippen molar-refractivity contribution in [2.45, 2.75) is 19.9 Å². The van der Waals surface area contributed by atoms with Crippen LogP contribution in [0.5, 0.6) is 0 Å². The minimum Gasteiger partial charge on any atom is -0.342 e. The normalized spacial score (nSPS) is 12.2. The van der Waals surface area contributed by atoms with Gasteiger partial charge in [-0.3, -0.25) is 4.79 Å². The van der Waals surface area contributed by atoms with Crippen LogP contribution in [-0.2, 0) is 0 Å². The van der Waals surface area contributed by atoms with Crippen LogP contribution < -0.4 is 5.32 Å². The molecule has 8 heteroatoms. The molecular formula is C12H10F3N3O2. The van der Waals surface area contributed by atoms with Gasteiger partial charge in [0.05, 0.1) is 6.04 Å². The van der Waals surface area contributed by atoms with E-state index < -0.39 is 35.0 Å². The van der Waals surface area contributed by atoms with Gasteiger partial charge in [-0.15, -0.1) is 0 Å². The van der Waals surface area contributed by atoms with E-state index in [1.807, 2.05) is 0 Å². The minimum atomic E-state index is -1.54. The summed E-state index contributed by atoms with van der Waals surface area (Å²) < 4.78 is 44.6. The Bertz CT molecular complexity index is 657. The highest BCUT2D eigenvalue weighted by Crippen LogP contribution is 2.17. The topological polar surface area (TPSA) is 68.0 Å². The summed E-state index contributed by atoms with van der Waals surface area (Å²) >= 11 is 0. The van der Waals surface area contributed by atoms with Gasteiger partial charge in [0.25, 0.3) is 5.91 Å². The molecule has 5 nitrogen and oxygen atoms in total. The molecule has 1 aromatic carbocycles. The largest absolute Gasteiger partial charge is 0.342 e. The van der Waals surface area contributed by atoms with E-state index in [2.05, 4.69) is 15.5 Å². The molecule has 0 spiro atoms. The molecule has 1 N–H and O–H groups in total. The van der Waals surface area contributed by atoms with Gasteiger partial charge in [0, 0.05) is 6.92 Å². The van der Waals surface area contributed by atoms with Gasteiger partial charge in [0.15, 0.2) is 17.5 Å². The van der Waals surface area contributed by atoms with Gasteiger partial charge in [-0.2, -0.15) is 4.98 Å². The second-order valence-corrected chi connectivity index (χ2v) is 4.08. The van der Waals surface area contributed by atoms with Crippen molar-refractivity contribution in [3.05, 3.63) is 46.9 Å². The number of carbonyl (C=O) groups is 1. The van der Waals surface area contributed by atoms with E-state index in [1.54, 1.807) is 6.92 Å². The molecule has 0 bridgehead atoms. The molecule has 0 saturated carbocycles. The van der Waals surface area contributed by atoms with Crippen LogP contribution in [0.2, 0.25) is 0 Å². The van der Waals surface area contributed by atoms with Crippen LogP contribution in [0.4, 0.5) is 13.2 Å². The standard InChI is InChI=1S/C12H10F3N3O2/c1-5(11-17-6(2)20-18-11)16-12(19)9-7(13)3-4-8(14)10(9)15/h3-5H,1-2H3,(H,16,19)/t5-/m1/s1. The zero-order chi connectivity index (χ0) is 14.9. The summed E-state index contributed by atoms with van der Waals surface area (Å²) in [4.78, 5) is 15.7. The van der Waals surface area contributed by atoms with Gasteiger partial charge in [-0.1, -0.05) is 5.16 Å². The molecule has 0 fully saturated rings. The summed E-state index contributed by atoms with van der Waals surface area (Å²) in [7, 11) is 0. The smallest absolute Gasteiger partial charge is 0.257 e. The van der Waals surface area contributed by atoms with E-state index in [4.69, 9.17) is 4.52 Å². The quantitative estimate of drug-likeness (QED) is 0.878. The van der Waals surface area contributed by atoms with Crippen molar-refractivity contribution < 1.29 is 22.5 Å². The average molecular weight is 285 g/mol.